The van der Waals surface area contributed by atoms with Crippen molar-refractivity contribution in [1.82, 2.24) is 4.90 Å². The minimum atomic E-state index is -0.975. The minimum absolute atomic E-state index is 0.0811. The van der Waals surface area contributed by atoms with Gasteiger partial charge in [-0.15, -0.1) is 0 Å². The molecule has 0 unspecified atom stereocenters. The van der Waals surface area contributed by atoms with Crippen LogP contribution in [0, 0.1) is 5.92 Å². The van der Waals surface area contributed by atoms with Gasteiger partial charge in [0.15, 0.2) is 0 Å². The van der Waals surface area contributed by atoms with Gasteiger partial charge in [0, 0.05) is 19.0 Å². The average Bonchev–Trinajstić information content (AvgIpc) is 2.85. The second kappa shape index (κ2) is 6.57. The lowest BCUT2D eigenvalue weighted by atomic mass is 9.89. The van der Waals surface area contributed by atoms with Gasteiger partial charge in [0.2, 0.25) is 0 Å². The van der Waals surface area contributed by atoms with Crippen molar-refractivity contribution in [1.29, 1.82) is 0 Å². The van der Waals surface area contributed by atoms with Crippen molar-refractivity contribution in [3.8, 4) is 0 Å². The molecular formula is C16H19Cl2NO4. The molecule has 1 aliphatic rings. The third-order valence-electron chi connectivity index (χ3n) is 3.67. The lowest BCUT2D eigenvalue weighted by Gasteiger charge is -2.24. The highest BCUT2D eigenvalue weighted by molar-refractivity contribution is 6.42. The number of likely N-dealkylation sites (tertiary alicyclic amines) is 1. The molecule has 0 radical (unpaired) electrons. The molecular weight excluding hydrogens is 341 g/mol. The van der Waals surface area contributed by atoms with E-state index in [0.29, 0.717) is 15.6 Å². The Bertz CT molecular complexity index is 627. The number of nitrogens with zero attached hydrogens (tertiary/aromatic N) is 1. The Hall–Kier alpha value is -1.46. The zero-order valence-corrected chi connectivity index (χ0v) is 14.7. The fourth-order valence-corrected chi connectivity index (χ4v) is 3.10. The maximum atomic E-state index is 12.2. The van der Waals surface area contributed by atoms with Crippen LogP contribution in [0.25, 0.3) is 0 Å². The lowest BCUT2D eigenvalue weighted by Crippen LogP contribution is -2.35. The molecule has 23 heavy (non-hydrogen) atoms. The number of rotatable bonds is 2. The van der Waals surface area contributed by atoms with Crippen LogP contribution in [0.5, 0.6) is 0 Å². The van der Waals surface area contributed by atoms with E-state index in [1.807, 2.05) is 0 Å². The molecule has 2 atom stereocenters. The van der Waals surface area contributed by atoms with Crippen molar-refractivity contribution in [2.45, 2.75) is 32.3 Å². The number of hydrogen-bond acceptors (Lipinski definition) is 3. The summed E-state index contributed by atoms with van der Waals surface area (Å²) in [6.07, 6.45) is -0.524. The highest BCUT2D eigenvalue weighted by atomic mass is 35.5. The summed E-state index contributed by atoms with van der Waals surface area (Å²) < 4.78 is 5.32. The van der Waals surface area contributed by atoms with E-state index in [0.717, 1.165) is 0 Å². The molecule has 1 aliphatic heterocycles. The van der Waals surface area contributed by atoms with Crippen LogP contribution in [0.4, 0.5) is 4.79 Å². The van der Waals surface area contributed by atoms with E-state index in [1.165, 1.54) is 4.90 Å². The van der Waals surface area contributed by atoms with E-state index in [4.69, 9.17) is 27.9 Å². The molecule has 1 aromatic carbocycles. The first-order valence-corrected chi connectivity index (χ1v) is 8.00. The van der Waals surface area contributed by atoms with Crippen molar-refractivity contribution in [3.63, 3.8) is 0 Å². The molecule has 0 aliphatic carbocycles. The van der Waals surface area contributed by atoms with Crippen LogP contribution < -0.4 is 0 Å². The number of carboxylic acids is 1. The fraction of sp³-hybridized carbons (Fsp3) is 0.500. The summed E-state index contributed by atoms with van der Waals surface area (Å²) in [6.45, 7) is 5.60. The van der Waals surface area contributed by atoms with Gasteiger partial charge in [0.25, 0.3) is 0 Å². The van der Waals surface area contributed by atoms with Gasteiger partial charge in [-0.25, -0.2) is 4.79 Å². The van der Waals surface area contributed by atoms with E-state index in [2.05, 4.69) is 0 Å². The number of halogens is 2. The second-order valence-corrected chi connectivity index (χ2v) is 7.36. The summed E-state index contributed by atoms with van der Waals surface area (Å²) in [4.78, 5) is 25.2. The number of carbonyl (C=O) groups excluding carboxylic acids is 1. The van der Waals surface area contributed by atoms with Crippen LogP contribution in [-0.2, 0) is 9.53 Å². The minimum Gasteiger partial charge on any atom is -0.481 e. The molecule has 0 bridgehead atoms. The highest BCUT2D eigenvalue weighted by Gasteiger charge is 2.42. The summed E-state index contributed by atoms with van der Waals surface area (Å²) >= 11 is 12.2. The quantitative estimate of drug-likeness (QED) is 0.865. The number of ether oxygens (including phenoxy) is 1. The molecule has 1 heterocycles. The molecule has 5 nitrogen and oxygen atoms in total. The van der Waals surface area contributed by atoms with E-state index in [-0.39, 0.29) is 13.1 Å². The Morgan fingerprint density at radius 3 is 2.48 bits per heavy atom. The van der Waals surface area contributed by atoms with Crippen molar-refractivity contribution in [2.75, 3.05) is 13.1 Å². The molecule has 1 amide bonds. The van der Waals surface area contributed by atoms with Crippen LogP contribution >= 0.6 is 23.2 Å². The maximum Gasteiger partial charge on any atom is 0.410 e. The zero-order valence-electron chi connectivity index (χ0n) is 13.2. The predicted octanol–water partition coefficient (Wildman–Crippen LogP) is 4.03. The Morgan fingerprint density at radius 2 is 1.91 bits per heavy atom. The molecule has 1 fully saturated rings. The Kier molecular flexibility index (Phi) is 5.11. The van der Waals surface area contributed by atoms with Crippen molar-refractivity contribution in [3.05, 3.63) is 33.8 Å². The van der Waals surface area contributed by atoms with Gasteiger partial charge in [-0.2, -0.15) is 0 Å². The number of aliphatic carboxylic acids is 1. The molecule has 7 heteroatoms. The van der Waals surface area contributed by atoms with E-state index >= 15 is 0 Å². The van der Waals surface area contributed by atoms with Gasteiger partial charge in [-0.3, -0.25) is 4.79 Å². The molecule has 1 aromatic rings. The molecule has 1 N–H and O–H groups in total. The highest BCUT2D eigenvalue weighted by Crippen LogP contribution is 2.39. The summed E-state index contributed by atoms with van der Waals surface area (Å²) in [7, 11) is 0. The molecule has 126 valence electrons. The number of carbonyl (C=O) groups is 2. The summed E-state index contributed by atoms with van der Waals surface area (Å²) in [5.74, 6) is -2.15. The second-order valence-electron chi connectivity index (χ2n) is 6.58. The largest absolute Gasteiger partial charge is 0.481 e. The van der Waals surface area contributed by atoms with E-state index in [9.17, 15) is 14.7 Å². The van der Waals surface area contributed by atoms with Crippen LogP contribution in [0.1, 0.15) is 32.3 Å². The Morgan fingerprint density at radius 1 is 1.26 bits per heavy atom. The number of benzene rings is 1. The Balaban J connectivity index is 2.27. The van der Waals surface area contributed by atoms with Gasteiger partial charge in [-0.05, 0) is 32.4 Å². The normalized spacial score (nSPS) is 21.3. The van der Waals surface area contributed by atoms with E-state index in [1.54, 1.807) is 39.0 Å². The van der Waals surface area contributed by atoms with Crippen molar-refractivity contribution in [2.24, 2.45) is 5.92 Å². The number of carboxylic acid groups (broad SMARTS) is 1. The van der Waals surface area contributed by atoms with Crippen LogP contribution in [-0.4, -0.2) is 40.8 Å². The first-order valence-electron chi connectivity index (χ1n) is 7.25. The van der Waals surface area contributed by atoms with Gasteiger partial charge in [0.05, 0.1) is 16.0 Å². The number of hydrogen-bond donors (Lipinski definition) is 1. The summed E-state index contributed by atoms with van der Waals surface area (Å²) in [5.41, 5.74) is -0.000621. The topological polar surface area (TPSA) is 66.8 Å². The fourth-order valence-electron chi connectivity index (χ4n) is 2.65. The monoisotopic (exact) mass is 359 g/mol. The van der Waals surface area contributed by atoms with Crippen molar-refractivity contribution >= 4 is 35.3 Å². The lowest BCUT2D eigenvalue weighted by molar-refractivity contribution is -0.141. The van der Waals surface area contributed by atoms with Gasteiger partial charge >= 0.3 is 12.1 Å². The molecule has 0 aromatic heterocycles. The van der Waals surface area contributed by atoms with Crippen molar-refractivity contribution < 1.29 is 19.4 Å². The predicted molar refractivity (Wildman–Crippen MR) is 88.1 cm³/mol. The SMILES string of the molecule is CC(C)(C)OC(=O)N1C[C@H](C(=O)O)[C@@H](c2cccc(Cl)c2Cl)C1. The van der Waals surface area contributed by atoms with Gasteiger partial charge in [0.1, 0.15) is 5.60 Å². The molecule has 0 saturated carbocycles. The van der Waals surface area contributed by atoms with E-state index < -0.39 is 29.5 Å². The number of amides is 1. The zero-order chi connectivity index (χ0) is 17.4. The van der Waals surface area contributed by atoms with Crippen LogP contribution in [0.2, 0.25) is 10.0 Å². The average molecular weight is 360 g/mol. The maximum absolute atomic E-state index is 12.2. The third-order valence-corrected chi connectivity index (χ3v) is 4.50. The molecule has 2 rings (SSSR count). The Labute approximate surface area is 145 Å². The standard InChI is InChI=1S/C16H19Cl2NO4/c1-16(2,3)23-15(22)19-7-10(11(8-19)14(20)21)9-5-4-6-12(17)13(9)18/h4-6,10-11H,7-8H2,1-3H3,(H,20,21)/t10-,11+/m1/s1. The first kappa shape index (κ1) is 17.9. The van der Waals surface area contributed by atoms with Crippen LogP contribution in [0.3, 0.4) is 0 Å². The summed E-state index contributed by atoms with van der Waals surface area (Å²) in [6, 6.07) is 5.11. The molecule has 0 spiro atoms. The summed E-state index contributed by atoms with van der Waals surface area (Å²) in [5, 5.41) is 10.2. The van der Waals surface area contributed by atoms with Crippen LogP contribution in [0.15, 0.2) is 18.2 Å². The molecule has 1 saturated heterocycles. The smallest absolute Gasteiger partial charge is 0.410 e. The van der Waals surface area contributed by atoms with Gasteiger partial charge < -0.3 is 14.7 Å². The third kappa shape index (κ3) is 4.09. The first-order chi connectivity index (χ1) is 10.6. The van der Waals surface area contributed by atoms with Gasteiger partial charge in [-0.1, -0.05) is 35.3 Å².